The Labute approximate surface area is 101 Å². The van der Waals surface area contributed by atoms with Crippen molar-refractivity contribution in [2.75, 3.05) is 20.1 Å². The molecule has 0 unspecified atom stereocenters. The van der Waals surface area contributed by atoms with Crippen LogP contribution in [0.5, 0.6) is 0 Å². The van der Waals surface area contributed by atoms with Crippen molar-refractivity contribution in [3.8, 4) is 0 Å². The van der Waals surface area contributed by atoms with Gasteiger partial charge in [0, 0.05) is 6.04 Å². The molecule has 2 nitrogen and oxygen atoms in total. The summed E-state index contributed by atoms with van der Waals surface area (Å²) in [7, 11) is 2.10. The van der Waals surface area contributed by atoms with E-state index in [-0.39, 0.29) is 0 Å². The van der Waals surface area contributed by atoms with Gasteiger partial charge in [-0.3, -0.25) is 0 Å². The molecule has 2 N–H and O–H groups in total. The first-order chi connectivity index (χ1) is 7.88. The fourth-order valence-corrected chi connectivity index (χ4v) is 3.05. The van der Waals surface area contributed by atoms with E-state index in [0.29, 0.717) is 0 Å². The van der Waals surface area contributed by atoms with Crippen LogP contribution in [-0.4, -0.2) is 26.2 Å². The maximum absolute atomic E-state index is 3.67. The third-order valence-corrected chi connectivity index (χ3v) is 4.64. The highest BCUT2D eigenvalue weighted by molar-refractivity contribution is 4.77. The van der Waals surface area contributed by atoms with Gasteiger partial charge in [0.05, 0.1) is 0 Å². The average Bonchev–Trinajstić information content (AvgIpc) is 2.27. The highest BCUT2D eigenvalue weighted by atomic mass is 14.9. The lowest BCUT2D eigenvalue weighted by Crippen LogP contribution is -2.34. The van der Waals surface area contributed by atoms with Crippen molar-refractivity contribution in [3.63, 3.8) is 0 Å². The fraction of sp³-hybridized carbons (Fsp3) is 1.00. The Hall–Kier alpha value is -0.0800. The van der Waals surface area contributed by atoms with E-state index in [1.807, 2.05) is 0 Å². The van der Waals surface area contributed by atoms with Gasteiger partial charge in [-0.05, 0) is 64.1 Å². The molecular weight excluding hydrogens is 196 g/mol. The molecule has 16 heavy (non-hydrogen) atoms. The molecule has 0 bridgehead atoms. The van der Waals surface area contributed by atoms with Crippen molar-refractivity contribution < 1.29 is 0 Å². The van der Waals surface area contributed by atoms with Gasteiger partial charge in [-0.1, -0.05) is 19.3 Å². The Morgan fingerprint density at radius 2 is 1.69 bits per heavy atom. The second-order valence-corrected chi connectivity index (χ2v) is 5.80. The second kappa shape index (κ2) is 6.61. The van der Waals surface area contributed by atoms with Crippen LogP contribution in [0.4, 0.5) is 0 Å². The van der Waals surface area contributed by atoms with Crippen LogP contribution in [0, 0.1) is 11.8 Å². The summed E-state index contributed by atoms with van der Waals surface area (Å²) in [5, 5.41) is 7.07. The van der Waals surface area contributed by atoms with Crippen LogP contribution in [0.25, 0.3) is 0 Å². The summed E-state index contributed by atoms with van der Waals surface area (Å²) in [5.41, 5.74) is 0. The molecule has 0 atom stereocenters. The summed E-state index contributed by atoms with van der Waals surface area (Å²) >= 11 is 0. The summed E-state index contributed by atoms with van der Waals surface area (Å²) in [6.45, 7) is 2.53. The van der Waals surface area contributed by atoms with Crippen molar-refractivity contribution in [3.05, 3.63) is 0 Å². The highest BCUT2D eigenvalue weighted by Crippen LogP contribution is 2.29. The molecule has 0 aromatic carbocycles. The molecule has 0 saturated heterocycles. The Bertz CT molecular complexity index is 181. The molecular formula is C14H28N2. The van der Waals surface area contributed by atoms with E-state index >= 15 is 0 Å². The van der Waals surface area contributed by atoms with Crippen LogP contribution in [0.2, 0.25) is 0 Å². The Morgan fingerprint density at radius 1 is 0.938 bits per heavy atom. The Morgan fingerprint density at radius 3 is 2.25 bits per heavy atom. The molecule has 2 aliphatic rings. The van der Waals surface area contributed by atoms with Gasteiger partial charge in [0.1, 0.15) is 0 Å². The molecule has 2 heteroatoms. The van der Waals surface area contributed by atoms with Crippen LogP contribution in [0.3, 0.4) is 0 Å². The molecule has 2 aliphatic carbocycles. The van der Waals surface area contributed by atoms with Crippen LogP contribution in [0.15, 0.2) is 0 Å². The van der Waals surface area contributed by atoms with Crippen LogP contribution >= 0.6 is 0 Å². The Balaban J connectivity index is 1.47. The Kier molecular flexibility index (Phi) is 5.11. The monoisotopic (exact) mass is 224 g/mol. The van der Waals surface area contributed by atoms with E-state index in [1.54, 1.807) is 0 Å². The van der Waals surface area contributed by atoms with Crippen LogP contribution < -0.4 is 10.6 Å². The lowest BCUT2D eigenvalue weighted by molar-refractivity contribution is 0.271. The first kappa shape index (κ1) is 12.4. The lowest BCUT2D eigenvalue weighted by Gasteiger charge is -2.29. The zero-order valence-corrected chi connectivity index (χ0v) is 10.8. The van der Waals surface area contributed by atoms with Gasteiger partial charge in [0.15, 0.2) is 0 Å². The van der Waals surface area contributed by atoms with E-state index in [1.165, 1.54) is 64.5 Å². The molecule has 0 aliphatic heterocycles. The van der Waals surface area contributed by atoms with Gasteiger partial charge in [0.25, 0.3) is 0 Å². The minimum absolute atomic E-state index is 0.797. The molecule has 94 valence electrons. The summed E-state index contributed by atoms with van der Waals surface area (Å²) < 4.78 is 0. The van der Waals surface area contributed by atoms with Gasteiger partial charge in [-0.15, -0.1) is 0 Å². The lowest BCUT2D eigenvalue weighted by atomic mass is 9.83. The number of rotatable bonds is 6. The topological polar surface area (TPSA) is 24.1 Å². The molecule has 2 fully saturated rings. The first-order valence-electron chi connectivity index (χ1n) is 7.26. The molecule has 0 heterocycles. The predicted molar refractivity (Wildman–Crippen MR) is 69.6 cm³/mol. The van der Waals surface area contributed by atoms with Crippen molar-refractivity contribution in [1.82, 2.24) is 10.6 Å². The van der Waals surface area contributed by atoms with Gasteiger partial charge in [-0.2, -0.15) is 0 Å². The molecule has 2 rings (SSSR count). The highest BCUT2D eigenvalue weighted by Gasteiger charge is 2.20. The van der Waals surface area contributed by atoms with Crippen LogP contribution in [0.1, 0.15) is 51.4 Å². The molecule has 0 aromatic heterocycles. The summed E-state index contributed by atoms with van der Waals surface area (Å²) in [4.78, 5) is 0. The fourth-order valence-electron chi connectivity index (χ4n) is 3.05. The van der Waals surface area contributed by atoms with E-state index in [4.69, 9.17) is 0 Å². The van der Waals surface area contributed by atoms with Gasteiger partial charge in [0.2, 0.25) is 0 Å². The summed E-state index contributed by atoms with van der Waals surface area (Å²) in [6.07, 6.45) is 11.5. The standard InChI is InChI=1S/C14H28N2/c1-15-14-7-5-13(6-8-14)11-16-10-9-12-3-2-4-12/h12-16H,2-11H2,1H3. The SMILES string of the molecule is CNC1CCC(CNCCC2CCC2)CC1. The van der Waals surface area contributed by atoms with Crippen molar-refractivity contribution >= 4 is 0 Å². The zero-order valence-electron chi connectivity index (χ0n) is 10.8. The normalized spacial score (nSPS) is 31.3. The van der Waals surface area contributed by atoms with Gasteiger partial charge in [-0.25, -0.2) is 0 Å². The van der Waals surface area contributed by atoms with E-state index in [0.717, 1.165) is 17.9 Å². The minimum Gasteiger partial charge on any atom is -0.317 e. The molecule has 2 saturated carbocycles. The van der Waals surface area contributed by atoms with Crippen LogP contribution in [-0.2, 0) is 0 Å². The second-order valence-electron chi connectivity index (χ2n) is 5.80. The predicted octanol–water partition coefficient (Wildman–Crippen LogP) is 2.54. The number of hydrogen-bond donors (Lipinski definition) is 2. The zero-order chi connectivity index (χ0) is 11.2. The average molecular weight is 224 g/mol. The summed E-state index contributed by atoms with van der Waals surface area (Å²) in [6, 6.07) is 0.797. The molecule has 0 amide bonds. The smallest absolute Gasteiger partial charge is 0.00642 e. The third kappa shape index (κ3) is 3.74. The quantitative estimate of drug-likeness (QED) is 0.678. The van der Waals surface area contributed by atoms with Gasteiger partial charge < -0.3 is 10.6 Å². The molecule has 0 aromatic rings. The maximum atomic E-state index is 3.67. The van der Waals surface area contributed by atoms with E-state index < -0.39 is 0 Å². The molecule has 0 radical (unpaired) electrons. The maximum Gasteiger partial charge on any atom is 0.00642 e. The third-order valence-electron chi connectivity index (χ3n) is 4.64. The van der Waals surface area contributed by atoms with Crippen molar-refractivity contribution in [1.29, 1.82) is 0 Å². The van der Waals surface area contributed by atoms with E-state index in [9.17, 15) is 0 Å². The largest absolute Gasteiger partial charge is 0.317 e. The number of nitrogens with one attached hydrogen (secondary N) is 2. The first-order valence-corrected chi connectivity index (χ1v) is 7.26. The molecule has 0 spiro atoms. The van der Waals surface area contributed by atoms with Crippen molar-refractivity contribution in [2.45, 2.75) is 57.4 Å². The van der Waals surface area contributed by atoms with Crippen molar-refractivity contribution in [2.24, 2.45) is 11.8 Å². The van der Waals surface area contributed by atoms with E-state index in [2.05, 4.69) is 17.7 Å². The summed E-state index contributed by atoms with van der Waals surface area (Å²) in [5.74, 6) is 2.01. The van der Waals surface area contributed by atoms with Gasteiger partial charge >= 0.3 is 0 Å². The number of hydrogen-bond acceptors (Lipinski definition) is 2. The minimum atomic E-state index is 0.797.